The molecule has 0 unspecified atom stereocenters. The van der Waals surface area contributed by atoms with Gasteiger partial charge in [0.25, 0.3) is 5.91 Å². The van der Waals surface area contributed by atoms with E-state index in [4.69, 9.17) is 0 Å². The number of para-hydroxylation sites is 1. The smallest absolute Gasteiger partial charge is 0.416 e. The van der Waals surface area contributed by atoms with Crippen LogP contribution in [0.3, 0.4) is 0 Å². The maximum Gasteiger partial charge on any atom is 0.416 e. The highest BCUT2D eigenvalue weighted by molar-refractivity contribution is 5.92. The van der Waals surface area contributed by atoms with E-state index in [2.05, 4.69) is 21.2 Å². The number of benzene rings is 2. The summed E-state index contributed by atoms with van der Waals surface area (Å²) < 4.78 is 37.8. The number of carbonyl (C=O) groups is 2. The lowest BCUT2D eigenvalue weighted by atomic mass is 10.2. The number of urea groups is 1. The number of amides is 3. The molecular weight excluding hydrogens is 365 g/mol. The van der Waals surface area contributed by atoms with E-state index in [1.807, 2.05) is 0 Å². The second kappa shape index (κ2) is 8.70. The topological polar surface area (TPSA) is 103 Å². The zero-order valence-electron chi connectivity index (χ0n) is 13.7. The van der Waals surface area contributed by atoms with Crippen molar-refractivity contribution in [3.63, 3.8) is 0 Å². The van der Waals surface area contributed by atoms with Crippen molar-refractivity contribution in [2.75, 3.05) is 11.9 Å². The number of hydrogen-bond acceptors (Lipinski definition) is 4. The van der Waals surface area contributed by atoms with Crippen LogP contribution in [0.4, 0.5) is 23.7 Å². The Bertz CT molecular complexity index is 853. The van der Waals surface area contributed by atoms with Gasteiger partial charge in [0.05, 0.1) is 11.8 Å². The number of nitrogens with zero attached hydrogens (tertiary/aromatic N) is 1. The molecule has 0 heterocycles. The average molecular weight is 380 g/mol. The van der Waals surface area contributed by atoms with Crippen LogP contribution in [0.15, 0.2) is 53.6 Å². The fraction of sp³-hybridized carbons (Fsp3) is 0.118. The summed E-state index contributed by atoms with van der Waals surface area (Å²) in [6.45, 7) is -0.455. The van der Waals surface area contributed by atoms with Crippen molar-refractivity contribution in [2.45, 2.75) is 6.18 Å². The molecule has 0 atom stereocenters. The molecule has 10 heteroatoms. The van der Waals surface area contributed by atoms with Gasteiger partial charge in [-0.1, -0.05) is 18.2 Å². The average Bonchev–Trinajstić information content (AvgIpc) is 2.61. The number of aromatic hydroxyl groups is 1. The van der Waals surface area contributed by atoms with Gasteiger partial charge in [0.1, 0.15) is 12.3 Å². The van der Waals surface area contributed by atoms with E-state index in [0.717, 1.165) is 18.2 Å². The van der Waals surface area contributed by atoms with Gasteiger partial charge >= 0.3 is 12.2 Å². The Morgan fingerprint density at radius 3 is 2.56 bits per heavy atom. The summed E-state index contributed by atoms with van der Waals surface area (Å²) in [5.41, 5.74) is 1.54. The Kier molecular flexibility index (Phi) is 6.36. The maximum atomic E-state index is 12.6. The van der Waals surface area contributed by atoms with Gasteiger partial charge in [0.15, 0.2) is 0 Å². The van der Waals surface area contributed by atoms with Gasteiger partial charge in [-0.2, -0.15) is 18.3 Å². The molecule has 0 bridgehead atoms. The number of hydrazone groups is 1. The summed E-state index contributed by atoms with van der Waals surface area (Å²) in [4.78, 5) is 23.2. The maximum absolute atomic E-state index is 12.6. The number of anilines is 1. The van der Waals surface area contributed by atoms with E-state index in [0.29, 0.717) is 5.56 Å². The van der Waals surface area contributed by atoms with Crippen molar-refractivity contribution in [3.8, 4) is 5.75 Å². The molecular formula is C17H15F3N4O3. The molecule has 2 aromatic rings. The van der Waals surface area contributed by atoms with Crippen molar-refractivity contribution < 1.29 is 27.9 Å². The lowest BCUT2D eigenvalue weighted by Gasteiger charge is -2.10. The standard InChI is InChI=1S/C17H15F3N4O3/c18-17(19,20)12-5-3-6-13(8-12)23-16(27)21-10-15(26)24-22-9-11-4-1-2-7-14(11)25/h1-9,25H,10H2,(H,24,26)(H2,21,23,27). The minimum Gasteiger partial charge on any atom is -0.507 e. The summed E-state index contributed by atoms with van der Waals surface area (Å²) in [5, 5.41) is 17.5. The van der Waals surface area contributed by atoms with Crippen LogP contribution in [-0.2, 0) is 11.0 Å². The summed E-state index contributed by atoms with van der Waals surface area (Å²) >= 11 is 0. The van der Waals surface area contributed by atoms with Crippen LogP contribution < -0.4 is 16.1 Å². The normalized spacial score (nSPS) is 11.2. The van der Waals surface area contributed by atoms with Crippen LogP contribution in [0.25, 0.3) is 0 Å². The minimum absolute atomic E-state index is 0.0194. The number of alkyl halides is 3. The van der Waals surface area contributed by atoms with Crippen LogP contribution in [0.5, 0.6) is 5.75 Å². The first kappa shape index (κ1) is 19.8. The molecule has 0 aromatic heterocycles. The second-order valence-electron chi connectivity index (χ2n) is 5.24. The Balaban J connectivity index is 1.80. The first-order valence-corrected chi connectivity index (χ1v) is 7.58. The number of hydrogen-bond donors (Lipinski definition) is 4. The molecule has 7 nitrogen and oxygen atoms in total. The van der Waals surface area contributed by atoms with Gasteiger partial charge in [0, 0.05) is 11.3 Å². The van der Waals surface area contributed by atoms with Crippen molar-refractivity contribution in [1.82, 2.24) is 10.7 Å². The molecule has 142 valence electrons. The van der Waals surface area contributed by atoms with Crippen molar-refractivity contribution >= 4 is 23.8 Å². The van der Waals surface area contributed by atoms with Crippen LogP contribution >= 0.6 is 0 Å². The Morgan fingerprint density at radius 2 is 1.85 bits per heavy atom. The van der Waals surface area contributed by atoms with Gasteiger partial charge in [-0.05, 0) is 30.3 Å². The largest absolute Gasteiger partial charge is 0.507 e. The lowest BCUT2D eigenvalue weighted by Crippen LogP contribution is -2.37. The van der Waals surface area contributed by atoms with E-state index in [1.165, 1.54) is 18.3 Å². The van der Waals surface area contributed by atoms with Gasteiger partial charge in [-0.25, -0.2) is 10.2 Å². The van der Waals surface area contributed by atoms with E-state index in [1.54, 1.807) is 18.2 Å². The number of phenolic OH excluding ortho intramolecular Hbond substituents is 1. The monoisotopic (exact) mass is 380 g/mol. The third-order valence-electron chi connectivity index (χ3n) is 3.19. The SMILES string of the molecule is O=C(CNC(=O)Nc1cccc(C(F)(F)F)c1)NN=Cc1ccccc1O. The minimum atomic E-state index is -4.53. The van der Waals surface area contributed by atoms with E-state index >= 15 is 0 Å². The predicted octanol–water partition coefficient (Wildman–Crippen LogP) is 2.68. The molecule has 0 fully saturated rings. The molecule has 0 spiro atoms. The summed E-state index contributed by atoms with van der Waals surface area (Å²) in [5.74, 6) is -0.685. The van der Waals surface area contributed by atoms with Crippen LogP contribution in [-0.4, -0.2) is 29.8 Å². The van der Waals surface area contributed by atoms with Crippen LogP contribution in [0.1, 0.15) is 11.1 Å². The number of phenols is 1. The van der Waals surface area contributed by atoms with Crippen LogP contribution in [0, 0.1) is 0 Å². The molecule has 0 aliphatic rings. The lowest BCUT2D eigenvalue weighted by molar-refractivity contribution is -0.137. The number of rotatable bonds is 5. The molecule has 2 aromatic carbocycles. The van der Waals surface area contributed by atoms with Crippen molar-refractivity contribution in [2.24, 2.45) is 5.10 Å². The van der Waals surface area contributed by atoms with E-state index in [9.17, 15) is 27.9 Å². The van der Waals surface area contributed by atoms with E-state index in [-0.39, 0.29) is 11.4 Å². The van der Waals surface area contributed by atoms with Crippen molar-refractivity contribution in [1.29, 1.82) is 0 Å². The first-order valence-electron chi connectivity index (χ1n) is 7.58. The third-order valence-corrected chi connectivity index (χ3v) is 3.19. The molecule has 0 saturated heterocycles. The third kappa shape index (κ3) is 6.34. The number of carbonyl (C=O) groups excluding carboxylic acids is 2. The fourth-order valence-electron chi connectivity index (χ4n) is 1.92. The molecule has 2 rings (SSSR count). The Morgan fingerprint density at radius 1 is 1.11 bits per heavy atom. The molecule has 27 heavy (non-hydrogen) atoms. The summed E-state index contributed by atoms with van der Waals surface area (Å²) in [7, 11) is 0. The molecule has 0 radical (unpaired) electrons. The molecule has 0 aliphatic carbocycles. The van der Waals surface area contributed by atoms with Gasteiger partial charge in [0.2, 0.25) is 0 Å². The van der Waals surface area contributed by atoms with Crippen molar-refractivity contribution in [3.05, 3.63) is 59.7 Å². The van der Waals surface area contributed by atoms with E-state index < -0.39 is 30.2 Å². The number of nitrogens with one attached hydrogen (secondary N) is 3. The zero-order chi connectivity index (χ0) is 19.9. The highest BCUT2D eigenvalue weighted by Crippen LogP contribution is 2.30. The highest BCUT2D eigenvalue weighted by Gasteiger charge is 2.30. The molecule has 0 aliphatic heterocycles. The van der Waals surface area contributed by atoms with Gasteiger partial charge < -0.3 is 15.7 Å². The second-order valence-corrected chi connectivity index (χ2v) is 5.24. The Labute approximate surface area is 151 Å². The quantitative estimate of drug-likeness (QED) is 0.474. The fourth-order valence-corrected chi connectivity index (χ4v) is 1.92. The number of halogens is 3. The highest BCUT2D eigenvalue weighted by atomic mass is 19.4. The summed E-state index contributed by atoms with van der Waals surface area (Å²) in [6.07, 6.45) is -3.31. The van der Waals surface area contributed by atoms with Gasteiger partial charge in [-0.15, -0.1) is 0 Å². The Hall–Kier alpha value is -3.56. The summed E-state index contributed by atoms with van der Waals surface area (Å²) in [6, 6.07) is 9.55. The molecule has 4 N–H and O–H groups in total. The molecule has 0 saturated carbocycles. The van der Waals surface area contributed by atoms with Gasteiger partial charge in [-0.3, -0.25) is 4.79 Å². The first-order chi connectivity index (χ1) is 12.8. The molecule has 3 amide bonds. The van der Waals surface area contributed by atoms with Crippen LogP contribution in [0.2, 0.25) is 0 Å². The zero-order valence-corrected chi connectivity index (χ0v) is 13.7. The predicted molar refractivity (Wildman–Crippen MR) is 92.3 cm³/mol.